The van der Waals surface area contributed by atoms with Gasteiger partial charge in [-0.1, -0.05) is 30.3 Å². The Kier molecular flexibility index (Phi) is 3.68. The van der Waals surface area contributed by atoms with Crippen LogP contribution in [-0.2, 0) is 0 Å². The Morgan fingerprint density at radius 1 is 1.08 bits per heavy atom. The summed E-state index contributed by atoms with van der Waals surface area (Å²) in [6.07, 6.45) is 0.574. The highest BCUT2D eigenvalue weighted by Gasteiger charge is 2.41. The average Bonchev–Trinajstić information content (AvgIpc) is 3.37. The zero-order chi connectivity index (χ0) is 17.5. The van der Waals surface area contributed by atoms with Crippen LogP contribution in [0.5, 0.6) is 11.5 Å². The van der Waals surface area contributed by atoms with E-state index < -0.39 is 0 Å². The Balaban J connectivity index is 1.63. The number of hydrazone groups is 1. The molecule has 0 fully saturated rings. The molecule has 0 aliphatic carbocycles. The lowest BCUT2D eigenvalue weighted by atomic mass is 9.96. The summed E-state index contributed by atoms with van der Waals surface area (Å²) in [5, 5.41) is 11.3. The number of thiophene rings is 1. The minimum absolute atomic E-state index is 0.171. The van der Waals surface area contributed by atoms with E-state index in [1.165, 1.54) is 11.1 Å². The fraction of sp³-hybridized carbons (Fsp3) is 0.190. The van der Waals surface area contributed by atoms with Crippen molar-refractivity contribution < 1.29 is 9.47 Å². The number of methoxy groups -OCH3 is 1. The van der Waals surface area contributed by atoms with E-state index in [0.717, 1.165) is 29.2 Å². The molecule has 130 valence electrons. The lowest BCUT2D eigenvalue weighted by Gasteiger charge is -2.38. The zero-order valence-electron chi connectivity index (χ0n) is 14.3. The highest BCUT2D eigenvalue weighted by atomic mass is 32.1. The number of fused-ring (bicyclic) bond motifs is 3. The summed E-state index contributed by atoms with van der Waals surface area (Å²) in [7, 11) is 1.69. The second kappa shape index (κ2) is 6.18. The van der Waals surface area contributed by atoms with Gasteiger partial charge in [0.15, 0.2) is 0 Å². The molecule has 0 N–H and O–H groups in total. The van der Waals surface area contributed by atoms with E-state index in [-0.39, 0.29) is 12.3 Å². The summed E-state index contributed by atoms with van der Waals surface area (Å²) in [5.74, 6) is 1.74. The third-order valence-corrected chi connectivity index (χ3v) is 5.64. The summed E-state index contributed by atoms with van der Waals surface area (Å²) in [4.78, 5) is 0. The van der Waals surface area contributed by atoms with Crippen LogP contribution >= 0.6 is 11.3 Å². The lowest BCUT2D eigenvalue weighted by molar-refractivity contribution is -0.0203. The number of hydrogen-bond donors (Lipinski definition) is 0. The standard InChI is InChI=1S/C21H18N2O2S/c1-24-19-8-4-3-7-16(19)21-23-18(15-6-2-5-9-20(15)25-21)12-17(22-23)14-10-11-26-13-14/h2-11,13,18,21H,12H2,1H3/t18-,21+/m0/s1. The molecule has 2 aromatic carbocycles. The Labute approximate surface area is 156 Å². The number of para-hydroxylation sites is 2. The van der Waals surface area contributed by atoms with Crippen LogP contribution in [-0.4, -0.2) is 17.8 Å². The minimum Gasteiger partial charge on any atom is -0.496 e. The van der Waals surface area contributed by atoms with Crippen LogP contribution in [0.2, 0.25) is 0 Å². The normalized spacial score (nSPS) is 20.8. The number of nitrogens with zero attached hydrogens (tertiary/aromatic N) is 2. The van der Waals surface area contributed by atoms with Gasteiger partial charge in [0.05, 0.1) is 24.4 Å². The first-order chi connectivity index (χ1) is 12.8. The molecule has 0 bridgehead atoms. The van der Waals surface area contributed by atoms with Crippen LogP contribution in [0.3, 0.4) is 0 Å². The molecule has 0 spiro atoms. The van der Waals surface area contributed by atoms with E-state index in [2.05, 4.69) is 34.0 Å². The van der Waals surface area contributed by atoms with Gasteiger partial charge in [0.25, 0.3) is 0 Å². The molecule has 3 heterocycles. The van der Waals surface area contributed by atoms with Crippen LogP contribution in [0.15, 0.2) is 70.5 Å². The van der Waals surface area contributed by atoms with E-state index in [0.29, 0.717) is 0 Å². The van der Waals surface area contributed by atoms with Gasteiger partial charge in [-0.2, -0.15) is 16.4 Å². The van der Waals surface area contributed by atoms with Gasteiger partial charge < -0.3 is 9.47 Å². The molecule has 0 amide bonds. The van der Waals surface area contributed by atoms with Gasteiger partial charge in [-0.3, -0.25) is 0 Å². The molecule has 5 heteroatoms. The Bertz CT molecular complexity index is 968. The van der Waals surface area contributed by atoms with Crippen molar-refractivity contribution in [2.75, 3.05) is 7.11 Å². The van der Waals surface area contributed by atoms with Crippen LogP contribution < -0.4 is 9.47 Å². The maximum atomic E-state index is 6.38. The smallest absolute Gasteiger partial charge is 0.217 e. The van der Waals surface area contributed by atoms with Crippen molar-refractivity contribution in [2.24, 2.45) is 5.10 Å². The summed E-state index contributed by atoms with van der Waals surface area (Å²) >= 11 is 1.70. The average molecular weight is 362 g/mol. The van der Waals surface area contributed by atoms with Gasteiger partial charge in [0.2, 0.25) is 6.23 Å². The van der Waals surface area contributed by atoms with Gasteiger partial charge in [-0.25, -0.2) is 5.01 Å². The summed E-state index contributed by atoms with van der Waals surface area (Å²) in [6.45, 7) is 0. The molecular formula is C21H18N2O2S. The predicted molar refractivity (Wildman–Crippen MR) is 103 cm³/mol. The quantitative estimate of drug-likeness (QED) is 0.658. The highest BCUT2D eigenvalue weighted by Crippen LogP contribution is 2.48. The molecule has 2 aliphatic heterocycles. The van der Waals surface area contributed by atoms with Gasteiger partial charge >= 0.3 is 0 Å². The van der Waals surface area contributed by atoms with E-state index in [1.54, 1.807) is 18.4 Å². The van der Waals surface area contributed by atoms with E-state index in [9.17, 15) is 0 Å². The first-order valence-electron chi connectivity index (χ1n) is 8.62. The van der Waals surface area contributed by atoms with Crippen molar-refractivity contribution >= 4 is 17.0 Å². The summed E-state index contributed by atoms with van der Waals surface area (Å²) in [6, 6.07) is 18.6. The van der Waals surface area contributed by atoms with E-state index in [4.69, 9.17) is 14.6 Å². The largest absolute Gasteiger partial charge is 0.496 e. The second-order valence-corrected chi connectivity index (χ2v) is 7.19. The van der Waals surface area contributed by atoms with Gasteiger partial charge in [-0.15, -0.1) is 0 Å². The van der Waals surface area contributed by atoms with Crippen molar-refractivity contribution in [3.05, 3.63) is 82.0 Å². The SMILES string of the molecule is COc1ccccc1[C@H]1Oc2ccccc2[C@@H]2CC(c3ccsc3)=NN12. The lowest BCUT2D eigenvalue weighted by Crippen LogP contribution is -2.33. The van der Waals surface area contributed by atoms with Crippen molar-refractivity contribution in [3.8, 4) is 11.5 Å². The molecular weight excluding hydrogens is 344 g/mol. The van der Waals surface area contributed by atoms with E-state index in [1.807, 2.05) is 36.4 Å². The van der Waals surface area contributed by atoms with Crippen molar-refractivity contribution in [1.82, 2.24) is 5.01 Å². The number of hydrogen-bond acceptors (Lipinski definition) is 5. The Morgan fingerprint density at radius 2 is 1.88 bits per heavy atom. The second-order valence-electron chi connectivity index (χ2n) is 6.41. The molecule has 2 atom stereocenters. The summed E-state index contributed by atoms with van der Waals surface area (Å²) < 4.78 is 12.0. The minimum atomic E-state index is -0.304. The third kappa shape index (κ3) is 2.39. The molecule has 0 unspecified atom stereocenters. The first kappa shape index (κ1) is 15.5. The molecule has 4 nitrogen and oxygen atoms in total. The third-order valence-electron chi connectivity index (χ3n) is 4.96. The molecule has 3 aromatic rings. The van der Waals surface area contributed by atoms with Crippen LogP contribution in [0.4, 0.5) is 0 Å². The summed E-state index contributed by atoms with van der Waals surface area (Å²) in [5.41, 5.74) is 4.48. The van der Waals surface area contributed by atoms with Gasteiger partial charge in [0, 0.05) is 17.5 Å². The van der Waals surface area contributed by atoms with Crippen molar-refractivity contribution in [3.63, 3.8) is 0 Å². The number of rotatable bonds is 3. The maximum absolute atomic E-state index is 6.38. The fourth-order valence-electron chi connectivity index (χ4n) is 3.71. The van der Waals surface area contributed by atoms with Crippen LogP contribution in [0.25, 0.3) is 0 Å². The molecule has 2 aliphatic rings. The van der Waals surface area contributed by atoms with Gasteiger partial charge in [0.1, 0.15) is 11.5 Å². The maximum Gasteiger partial charge on any atom is 0.217 e. The van der Waals surface area contributed by atoms with Gasteiger partial charge in [-0.05, 0) is 35.0 Å². The van der Waals surface area contributed by atoms with Crippen LogP contribution in [0.1, 0.15) is 35.4 Å². The number of benzene rings is 2. The Hall–Kier alpha value is -2.79. The topological polar surface area (TPSA) is 34.1 Å². The fourth-order valence-corrected chi connectivity index (χ4v) is 4.38. The van der Waals surface area contributed by atoms with Crippen LogP contribution in [0, 0.1) is 0 Å². The Morgan fingerprint density at radius 3 is 2.69 bits per heavy atom. The monoisotopic (exact) mass is 362 g/mol. The van der Waals surface area contributed by atoms with E-state index >= 15 is 0 Å². The zero-order valence-corrected chi connectivity index (χ0v) is 15.1. The molecule has 0 radical (unpaired) electrons. The van der Waals surface area contributed by atoms with Crippen molar-refractivity contribution in [2.45, 2.75) is 18.7 Å². The van der Waals surface area contributed by atoms with Crippen molar-refractivity contribution in [1.29, 1.82) is 0 Å². The first-order valence-corrected chi connectivity index (χ1v) is 9.56. The predicted octanol–water partition coefficient (Wildman–Crippen LogP) is 5.00. The molecule has 26 heavy (non-hydrogen) atoms. The molecule has 5 rings (SSSR count). The molecule has 0 saturated heterocycles. The number of ether oxygens (including phenoxy) is 2. The highest BCUT2D eigenvalue weighted by molar-refractivity contribution is 7.08. The molecule has 0 saturated carbocycles. The molecule has 1 aromatic heterocycles.